The molecule has 138 valence electrons. The highest BCUT2D eigenvalue weighted by molar-refractivity contribution is 5.74. The maximum atomic E-state index is 10.2. The molecule has 0 radical (unpaired) electrons. The van der Waals surface area contributed by atoms with Gasteiger partial charge >= 0.3 is 0 Å². The van der Waals surface area contributed by atoms with Crippen molar-refractivity contribution < 1.29 is 5.11 Å². The molecule has 0 aliphatic heterocycles. The number of phenols is 1. The number of nitrogens with zero attached hydrogens (tertiary/aromatic N) is 4. The van der Waals surface area contributed by atoms with Crippen LogP contribution in [-0.2, 0) is 0 Å². The fourth-order valence-electron chi connectivity index (χ4n) is 2.87. The van der Waals surface area contributed by atoms with E-state index in [4.69, 9.17) is 16.5 Å². The second-order valence-corrected chi connectivity index (χ2v) is 6.07. The Morgan fingerprint density at radius 1 is 0.607 bits per heavy atom. The summed E-state index contributed by atoms with van der Waals surface area (Å²) in [7, 11) is 0. The summed E-state index contributed by atoms with van der Waals surface area (Å²) in [5, 5.41) is 10.2. The van der Waals surface area contributed by atoms with Crippen LogP contribution >= 0.6 is 0 Å². The number of hydrogen-bond acceptors (Lipinski definition) is 7. The first-order valence-corrected chi connectivity index (χ1v) is 8.62. The quantitative estimate of drug-likeness (QED) is 0.499. The van der Waals surface area contributed by atoms with Crippen LogP contribution in [-0.4, -0.2) is 20.1 Å². The maximum Gasteiger partial charge on any atom is 0.142 e. The van der Waals surface area contributed by atoms with Crippen molar-refractivity contribution in [2.24, 2.45) is 0 Å². The minimum atomic E-state index is 0.155. The highest BCUT2D eigenvalue weighted by Gasteiger charge is 2.18. The van der Waals surface area contributed by atoms with Gasteiger partial charge in [0.1, 0.15) is 34.8 Å². The number of nitrogen functional groups attached to an aromatic ring is 2. The van der Waals surface area contributed by atoms with Gasteiger partial charge in [0, 0.05) is 5.56 Å². The summed E-state index contributed by atoms with van der Waals surface area (Å²) in [5.41, 5.74) is 13.0. The standard InChI is InChI=1S/C21H18N6O/c22-17-9-4-12-20(25-17)27(21-13-5-10-18(23)26-21)19-11-3-7-15(24-19)14-6-1-2-8-16(14)28/h1-13,28H,(H2,22,25)(H2,23,26). The zero-order valence-electron chi connectivity index (χ0n) is 14.9. The van der Waals surface area contributed by atoms with Gasteiger partial charge < -0.3 is 16.6 Å². The van der Waals surface area contributed by atoms with Crippen LogP contribution in [0.2, 0.25) is 0 Å². The third kappa shape index (κ3) is 3.41. The van der Waals surface area contributed by atoms with Gasteiger partial charge in [0.15, 0.2) is 0 Å². The van der Waals surface area contributed by atoms with Gasteiger partial charge in [-0.3, -0.25) is 4.90 Å². The molecule has 3 heterocycles. The second-order valence-electron chi connectivity index (χ2n) is 6.07. The van der Waals surface area contributed by atoms with Crippen LogP contribution in [0.25, 0.3) is 11.3 Å². The van der Waals surface area contributed by atoms with Crippen LogP contribution in [0.5, 0.6) is 5.75 Å². The van der Waals surface area contributed by atoms with E-state index in [1.165, 1.54) is 0 Å². The average Bonchev–Trinajstić information content (AvgIpc) is 2.69. The van der Waals surface area contributed by atoms with Crippen molar-refractivity contribution in [3.05, 3.63) is 78.9 Å². The summed E-state index contributed by atoms with van der Waals surface area (Å²) in [6, 6.07) is 23.2. The van der Waals surface area contributed by atoms with Crippen LogP contribution in [0.15, 0.2) is 78.9 Å². The van der Waals surface area contributed by atoms with Crippen molar-refractivity contribution in [3.63, 3.8) is 0 Å². The zero-order chi connectivity index (χ0) is 19.5. The van der Waals surface area contributed by atoms with Crippen LogP contribution in [0.3, 0.4) is 0 Å². The van der Waals surface area contributed by atoms with E-state index in [0.717, 1.165) is 0 Å². The first-order valence-electron chi connectivity index (χ1n) is 8.62. The number of rotatable bonds is 4. The fourth-order valence-corrected chi connectivity index (χ4v) is 2.87. The number of aromatic nitrogens is 3. The van der Waals surface area contributed by atoms with Crippen LogP contribution in [0.1, 0.15) is 0 Å². The second kappa shape index (κ2) is 7.24. The zero-order valence-corrected chi connectivity index (χ0v) is 14.9. The molecule has 0 aliphatic carbocycles. The Morgan fingerprint density at radius 3 is 1.71 bits per heavy atom. The minimum Gasteiger partial charge on any atom is -0.507 e. The predicted molar refractivity (Wildman–Crippen MR) is 110 cm³/mol. The summed E-state index contributed by atoms with van der Waals surface area (Å²) in [4.78, 5) is 15.3. The molecule has 7 heteroatoms. The molecule has 0 spiro atoms. The number of nitrogens with two attached hydrogens (primary N) is 2. The molecule has 1 aromatic carbocycles. The average molecular weight is 370 g/mol. The van der Waals surface area contributed by atoms with Crippen LogP contribution in [0, 0.1) is 0 Å². The third-order valence-electron chi connectivity index (χ3n) is 4.11. The SMILES string of the molecule is Nc1cccc(N(c2cccc(N)n2)c2cccc(-c3ccccc3O)n2)n1. The molecule has 0 amide bonds. The van der Waals surface area contributed by atoms with Crippen molar-refractivity contribution >= 4 is 29.1 Å². The number of benzene rings is 1. The molecule has 0 atom stereocenters. The van der Waals surface area contributed by atoms with Crippen molar-refractivity contribution in [3.8, 4) is 17.0 Å². The number of hydrogen-bond donors (Lipinski definition) is 3. The summed E-state index contributed by atoms with van der Waals surface area (Å²) >= 11 is 0. The molecular weight excluding hydrogens is 352 g/mol. The molecular formula is C21H18N6O. The number of para-hydroxylation sites is 1. The lowest BCUT2D eigenvalue weighted by Crippen LogP contribution is -2.15. The van der Waals surface area contributed by atoms with E-state index in [9.17, 15) is 5.11 Å². The molecule has 0 aliphatic rings. The van der Waals surface area contributed by atoms with E-state index < -0.39 is 0 Å². The van der Waals surface area contributed by atoms with Gasteiger partial charge in [-0.15, -0.1) is 0 Å². The largest absolute Gasteiger partial charge is 0.507 e. The Hall–Kier alpha value is -4.13. The van der Waals surface area contributed by atoms with Crippen LogP contribution < -0.4 is 16.4 Å². The van der Waals surface area contributed by atoms with Gasteiger partial charge in [-0.1, -0.05) is 30.3 Å². The molecule has 0 fully saturated rings. The first-order chi connectivity index (χ1) is 13.6. The predicted octanol–water partition coefficient (Wildman–Crippen LogP) is 3.88. The highest BCUT2D eigenvalue weighted by Crippen LogP contribution is 2.34. The Bertz CT molecular complexity index is 1090. The third-order valence-corrected chi connectivity index (χ3v) is 4.11. The Balaban J connectivity index is 1.88. The smallest absolute Gasteiger partial charge is 0.142 e. The molecule has 28 heavy (non-hydrogen) atoms. The van der Waals surface area contributed by atoms with Gasteiger partial charge in [0.25, 0.3) is 0 Å². The maximum absolute atomic E-state index is 10.2. The lowest BCUT2D eigenvalue weighted by atomic mass is 10.1. The van der Waals surface area contributed by atoms with E-state index in [2.05, 4.69) is 9.97 Å². The van der Waals surface area contributed by atoms with Crippen molar-refractivity contribution in [1.82, 2.24) is 15.0 Å². The topological polar surface area (TPSA) is 114 Å². The lowest BCUT2D eigenvalue weighted by Gasteiger charge is -2.23. The van der Waals surface area contributed by atoms with Gasteiger partial charge in [0.2, 0.25) is 0 Å². The molecule has 7 nitrogen and oxygen atoms in total. The van der Waals surface area contributed by atoms with Gasteiger partial charge in [-0.05, 0) is 48.5 Å². The summed E-state index contributed by atoms with van der Waals surface area (Å²) in [6.45, 7) is 0. The molecule has 3 aromatic heterocycles. The first kappa shape index (κ1) is 17.3. The molecule has 4 rings (SSSR count). The molecule has 5 N–H and O–H groups in total. The minimum absolute atomic E-state index is 0.155. The van der Waals surface area contributed by atoms with Crippen molar-refractivity contribution in [2.45, 2.75) is 0 Å². The Morgan fingerprint density at radius 2 is 1.14 bits per heavy atom. The van der Waals surface area contributed by atoms with E-state index in [1.807, 2.05) is 54.6 Å². The number of pyridine rings is 3. The molecule has 0 bridgehead atoms. The monoisotopic (exact) mass is 370 g/mol. The van der Waals surface area contributed by atoms with Gasteiger partial charge in [-0.25, -0.2) is 15.0 Å². The molecule has 0 unspecified atom stereocenters. The molecule has 4 aromatic rings. The normalized spacial score (nSPS) is 10.6. The van der Waals surface area contributed by atoms with E-state index in [1.54, 1.807) is 29.2 Å². The Kier molecular flexibility index (Phi) is 4.47. The van der Waals surface area contributed by atoms with Gasteiger partial charge in [-0.2, -0.15) is 0 Å². The molecule has 0 saturated carbocycles. The fraction of sp³-hybridized carbons (Fsp3) is 0. The summed E-state index contributed by atoms with van der Waals surface area (Å²) in [5.74, 6) is 2.59. The Labute approximate surface area is 161 Å². The lowest BCUT2D eigenvalue weighted by molar-refractivity contribution is 0.477. The number of anilines is 5. The van der Waals surface area contributed by atoms with Gasteiger partial charge in [0.05, 0.1) is 5.69 Å². The summed E-state index contributed by atoms with van der Waals surface area (Å²) in [6.07, 6.45) is 0. The molecule has 0 saturated heterocycles. The van der Waals surface area contributed by atoms with Crippen molar-refractivity contribution in [2.75, 3.05) is 16.4 Å². The van der Waals surface area contributed by atoms with E-state index in [-0.39, 0.29) is 5.75 Å². The number of aromatic hydroxyl groups is 1. The number of phenolic OH excluding ortho intramolecular Hbond substituents is 1. The summed E-state index contributed by atoms with van der Waals surface area (Å²) < 4.78 is 0. The van der Waals surface area contributed by atoms with E-state index >= 15 is 0 Å². The highest BCUT2D eigenvalue weighted by atomic mass is 16.3. The van der Waals surface area contributed by atoms with Crippen LogP contribution in [0.4, 0.5) is 29.1 Å². The van der Waals surface area contributed by atoms with E-state index in [0.29, 0.717) is 40.3 Å². The van der Waals surface area contributed by atoms with Crippen molar-refractivity contribution in [1.29, 1.82) is 0 Å².